The van der Waals surface area contributed by atoms with Crippen molar-refractivity contribution in [3.63, 3.8) is 0 Å². The Bertz CT molecular complexity index is 553. The summed E-state index contributed by atoms with van der Waals surface area (Å²) in [6.45, 7) is 3.85. The normalized spacial score (nSPS) is 18.2. The van der Waals surface area contributed by atoms with Crippen LogP contribution in [0.1, 0.15) is 23.2 Å². The Kier molecular flexibility index (Phi) is 4.87. The Morgan fingerprint density at radius 2 is 2.05 bits per heavy atom. The summed E-state index contributed by atoms with van der Waals surface area (Å²) >= 11 is 0. The lowest BCUT2D eigenvalue weighted by Gasteiger charge is -2.29. The van der Waals surface area contributed by atoms with Crippen LogP contribution in [0.25, 0.3) is 0 Å². The molecule has 0 N–H and O–H groups in total. The molecule has 1 atom stereocenters. The van der Waals surface area contributed by atoms with E-state index in [1.54, 1.807) is 30.3 Å². The van der Waals surface area contributed by atoms with Gasteiger partial charge in [-0.1, -0.05) is 30.9 Å². The van der Waals surface area contributed by atoms with Crippen LogP contribution < -0.4 is 0 Å². The molecule has 1 aliphatic heterocycles. The SMILES string of the molecule is C=CCOC(=O)C1CCCN(C(=O)c2ccccc2)C1=O. The lowest BCUT2D eigenvalue weighted by atomic mass is 9.96. The summed E-state index contributed by atoms with van der Waals surface area (Å²) in [7, 11) is 0. The van der Waals surface area contributed by atoms with Crippen LogP contribution in [0.5, 0.6) is 0 Å². The van der Waals surface area contributed by atoms with Gasteiger partial charge in [-0.05, 0) is 25.0 Å². The second-order valence-electron chi connectivity index (χ2n) is 4.77. The van der Waals surface area contributed by atoms with Crippen LogP contribution in [0.15, 0.2) is 43.0 Å². The number of carbonyl (C=O) groups excluding carboxylic acids is 3. The molecule has 0 spiro atoms. The van der Waals surface area contributed by atoms with Crippen molar-refractivity contribution in [1.29, 1.82) is 0 Å². The standard InChI is InChI=1S/C16H17NO4/c1-2-11-21-16(20)13-9-6-10-17(15(13)19)14(18)12-7-4-3-5-8-12/h2-5,7-8,13H,1,6,9-11H2. The topological polar surface area (TPSA) is 63.7 Å². The number of amides is 2. The molecule has 0 saturated carbocycles. The lowest BCUT2D eigenvalue weighted by Crippen LogP contribution is -2.47. The Hall–Kier alpha value is -2.43. The van der Waals surface area contributed by atoms with Gasteiger partial charge < -0.3 is 4.74 Å². The molecule has 0 aliphatic carbocycles. The summed E-state index contributed by atoms with van der Waals surface area (Å²) in [6, 6.07) is 8.56. The van der Waals surface area contributed by atoms with Gasteiger partial charge in [0.15, 0.2) is 0 Å². The van der Waals surface area contributed by atoms with E-state index in [1.165, 1.54) is 6.08 Å². The highest BCUT2D eigenvalue weighted by Gasteiger charge is 2.38. The number of rotatable bonds is 4. The van der Waals surface area contributed by atoms with E-state index in [0.29, 0.717) is 24.9 Å². The van der Waals surface area contributed by atoms with Crippen LogP contribution in [0.3, 0.4) is 0 Å². The van der Waals surface area contributed by atoms with Gasteiger partial charge in [-0.15, -0.1) is 0 Å². The van der Waals surface area contributed by atoms with Crippen LogP contribution in [-0.2, 0) is 14.3 Å². The van der Waals surface area contributed by atoms with Crippen molar-refractivity contribution in [3.8, 4) is 0 Å². The highest BCUT2D eigenvalue weighted by molar-refractivity contribution is 6.10. The molecular weight excluding hydrogens is 270 g/mol. The first kappa shape index (κ1) is 15.0. The maximum Gasteiger partial charge on any atom is 0.318 e. The van der Waals surface area contributed by atoms with Gasteiger partial charge in [-0.2, -0.15) is 0 Å². The summed E-state index contributed by atoms with van der Waals surface area (Å²) < 4.78 is 4.92. The Morgan fingerprint density at radius 1 is 1.33 bits per heavy atom. The van der Waals surface area contributed by atoms with Crippen molar-refractivity contribution in [2.75, 3.05) is 13.2 Å². The number of benzene rings is 1. The zero-order valence-corrected chi connectivity index (χ0v) is 11.7. The van der Waals surface area contributed by atoms with Crippen molar-refractivity contribution < 1.29 is 19.1 Å². The van der Waals surface area contributed by atoms with Gasteiger partial charge >= 0.3 is 5.97 Å². The molecule has 21 heavy (non-hydrogen) atoms. The number of esters is 1. The molecule has 0 bridgehead atoms. The van der Waals surface area contributed by atoms with Crippen LogP contribution in [0.4, 0.5) is 0 Å². The lowest BCUT2D eigenvalue weighted by molar-refractivity contribution is -0.155. The Morgan fingerprint density at radius 3 is 2.71 bits per heavy atom. The zero-order valence-electron chi connectivity index (χ0n) is 11.7. The van der Waals surface area contributed by atoms with Crippen LogP contribution in [-0.4, -0.2) is 35.8 Å². The van der Waals surface area contributed by atoms with Crippen molar-refractivity contribution in [1.82, 2.24) is 4.90 Å². The van der Waals surface area contributed by atoms with E-state index in [-0.39, 0.29) is 12.5 Å². The predicted molar refractivity (Wildman–Crippen MR) is 76.4 cm³/mol. The van der Waals surface area contributed by atoms with E-state index < -0.39 is 17.8 Å². The third kappa shape index (κ3) is 3.37. The molecule has 1 saturated heterocycles. The number of piperidine rings is 1. The van der Waals surface area contributed by atoms with E-state index in [9.17, 15) is 14.4 Å². The molecule has 110 valence electrons. The third-order valence-corrected chi connectivity index (χ3v) is 3.33. The number of imide groups is 1. The second-order valence-corrected chi connectivity index (χ2v) is 4.77. The van der Waals surface area contributed by atoms with Crippen molar-refractivity contribution in [2.45, 2.75) is 12.8 Å². The number of hydrogen-bond acceptors (Lipinski definition) is 4. The molecule has 2 rings (SSSR count). The molecule has 0 radical (unpaired) electrons. The molecule has 1 unspecified atom stereocenters. The van der Waals surface area contributed by atoms with Gasteiger partial charge in [0.2, 0.25) is 5.91 Å². The molecule has 0 aromatic heterocycles. The van der Waals surface area contributed by atoms with Crippen molar-refractivity contribution >= 4 is 17.8 Å². The molecule has 5 heteroatoms. The van der Waals surface area contributed by atoms with E-state index in [1.807, 2.05) is 0 Å². The fourth-order valence-corrected chi connectivity index (χ4v) is 2.27. The molecule has 1 aromatic carbocycles. The van der Waals surface area contributed by atoms with Crippen LogP contribution >= 0.6 is 0 Å². The summed E-state index contributed by atoms with van der Waals surface area (Å²) in [5.74, 6) is -2.34. The Labute approximate surface area is 123 Å². The van der Waals surface area contributed by atoms with Gasteiger partial charge in [-0.3, -0.25) is 19.3 Å². The first-order chi connectivity index (χ1) is 10.1. The molecule has 5 nitrogen and oxygen atoms in total. The zero-order chi connectivity index (χ0) is 15.2. The summed E-state index contributed by atoms with van der Waals surface area (Å²) in [6.07, 6.45) is 2.45. The smallest absolute Gasteiger partial charge is 0.318 e. The Balaban J connectivity index is 2.11. The average Bonchev–Trinajstić information content (AvgIpc) is 2.53. The molecular formula is C16H17NO4. The fourth-order valence-electron chi connectivity index (χ4n) is 2.27. The number of likely N-dealkylation sites (tertiary alicyclic amines) is 1. The number of hydrogen-bond donors (Lipinski definition) is 0. The number of nitrogens with zero attached hydrogens (tertiary/aromatic N) is 1. The van der Waals surface area contributed by atoms with Crippen LogP contribution in [0.2, 0.25) is 0 Å². The van der Waals surface area contributed by atoms with E-state index in [2.05, 4.69) is 6.58 Å². The predicted octanol–water partition coefficient (Wildman–Crippen LogP) is 1.79. The molecule has 1 aromatic rings. The number of ether oxygens (including phenoxy) is 1. The van der Waals surface area contributed by atoms with Gasteiger partial charge in [-0.25, -0.2) is 0 Å². The molecule has 1 heterocycles. The summed E-state index contributed by atoms with van der Waals surface area (Å²) in [5.41, 5.74) is 0.436. The summed E-state index contributed by atoms with van der Waals surface area (Å²) in [5, 5.41) is 0. The van der Waals surface area contributed by atoms with Crippen molar-refractivity contribution in [2.24, 2.45) is 5.92 Å². The monoisotopic (exact) mass is 287 g/mol. The van der Waals surface area contributed by atoms with E-state index >= 15 is 0 Å². The minimum absolute atomic E-state index is 0.0647. The van der Waals surface area contributed by atoms with Gasteiger partial charge in [0.25, 0.3) is 5.91 Å². The first-order valence-corrected chi connectivity index (χ1v) is 6.83. The highest BCUT2D eigenvalue weighted by Crippen LogP contribution is 2.21. The maximum absolute atomic E-state index is 12.3. The van der Waals surface area contributed by atoms with Gasteiger partial charge in [0, 0.05) is 12.1 Å². The van der Waals surface area contributed by atoms with Crippen LogP contribution in [0, 0.1) is 5.92 Å². The van der Waals surface area contributed by atoms with Gasteiger partial charge in [0.05, 0.1) is 0 Å². The second kappa shape index (κ2) is 6.83. The maximum atomic E-state index is 12.3. The number of carbonyl (C=O) groups is 3. The van der Waals surface area contributed by atoms with E-state index in [4.69, 9.17) is 4.74 Å². The van der Waals surface area contributed by atoms with E-state index in [0.717, 1.165) is 4.90 Å². The molecule has 1 aliphatic rings. The highest BCUT2D eigenvalue weighted by atomic mass is 16.5. The first-order valence-electron chi connectivity index (χ1n) is 6.83. The van der Waals surface area contributed by atoms with Crippen molar-refractivity contribution in [3.05, 3.63) is 48.6 Å². The minimum Gasteiger partial charge on any atom is -0.461 e. The molecule has 1 fully saturated rings. The summed E-state index contributed by atoms with van der Waals surface area (Å²) in [4.78, 5) is 37.6. The quantitative estimate of drug-likeness (QED) is 0.366. The largest absolute Gasteiger partial charge is 0.461 e. The minimum atomic E-state index is -0.897. The third-order valence-electron chi connectivity index (χ3n) is 3.33. The molecule has 2 amide bonds. The fraction of sp³-hybridized carbons (Fsp3) is 0.312. The van der Waals surface area contributed by atoms with Gasteiger partial charge in [0.1, 0.15) is 12.5 Å². The average molecular weight is 287 g/mol.